The Labute approximate surface area is 105 Å². The van der Waals surface area contributed by atoms with E-state index in [-0.39, 0.29) is 10.9 Å². The summed E-state index contributed by atoms with van der Waals surface area (Å²) in [5.74, 6) is 0. The van der Waals surface area contributed by atoms with Gasteiger partial charge in [-0.05, 0) is 13.0 Å². The Hall–Kier alpha value is -1.67. The molecule has 2 aromatic rings. The normalized spacial score (nSPS) is 13.7. The molecule has 2 rings (SSSR count). The topological polar surface area (TPSA) is 81.8 Å². The van der Waals surface area contributed by atoms with Crippen LogP contribution in [0.4, 0.5) is 0 Å². The fourth-order valence-electron chi connectivity index (χ4n) is 1.60. The van der Waals surface area contributed by atoms with Crippen LogP contribution in [0.2, 0.25) is 0 Å². The third-order valence-electron chi connectivity index (χ3n) is 2.37. The quantitative estimate of drug-likeness (QED) is 0.827. The van der Waals surface area contributed by atoms with Crippen LogP contribution in [0.25, 0.3) is 0 Å². The molecule has 1 atom stereocenters. The van der Waals surface area contributed by atoms with Gasteiger partial charge in [0.1, 0.15) is 4.90 Å². The number of hydrogen-bond acceptors (Lipinski definition) is 4. The van der Waals surface area contributed by atoms with Crippen molar-refractivity contribution in [3.05, 3.63) is 30.9 Å². The number of aromatic nitrogens is 4. The van der Waals surface area contributed by atoms with Gasteiger partial charge in [-0.15, -0.1) is 0 Å². The van der Waals surface area contributed by atoms with Gasteiger partial charge < -0.3 is 0 Å². The van der Waals surface area contributed by atoms with Crippen LogP contribution >= 0.6 is 0 Å². The zero-order valence-corrected chi connectivity index (χ0v) is 11.0. The average Bonchev–Trinajstić information content (AvgIpc) is 2.88. The lowest BCUT2D eigenvalue weighted by atomic mass is 10.4. The molecule has 0 aliphatic carbocycles. The summed E-state index contributed by atoms with van der Waals surface area (Å²) in [6, 6.07) is 1.54. The number of rotatable bonds is 5. The Morgan fingerprint density at radius 2 is 2.22 bits per heavy atom. The first-order valence-corrected chi connectivity index (χ1v) is 6.94. The Balaban J connectivity index is 2.04. The van der Waals surface area contributed by atoms with Gasteiger partial charge in [0.25, 0.3) is 0 Å². The fraction of sp³-hybridized carbons (Fsp3) is 0.400. The van der Waals surface area contributed by atoms with Gasteiger partial charge in [-0.3, -0.25) is 9.36 Å². The van der Waals surface area contributed by atoms with Crippen molar-refractivity contribution in [2.24, 2.45) is 7.05 Å². The first-order chi connectivity index (χ1) is 8.47. The summed E-state index contributed by atoms with van der Waals surface area (Å²) < 4.78 is 29.7. The number of sulfonamides is 1. The summed E-state index contributed by atoms with van der Waals surface area (Å²) >= 11 is 0. The maximum absolute atomic E-state index is 12.0. The zero-order valence-electron chi connectivity index (χ0n) is 10.2. The van der Waals surface area contributed by atoms with Crippen LogP contribution in [-0.4, -0.2) is 34.0 Å². The van der Waals surface area contributed by atoms with Gasteiger partial charge in [-0.2, -0.15) is 10.2 Å². The van der Waals surface area contributed by atoms with Crippen molar-refractivity contribution in [1.82, 2.24) is 24.3 Å². The van der Waals surface area contributed by atoms with Crippen LogP contribution in [0, 0.1) is 0 Å². The predicted octanol–water partition coefficient (Wildman–Crippen LogP) is -0.0164. The Bertz CT molecular complexity index is 602. The molecular weight excluding hydrogens is 254 g/mol. The molecule has 0 saturated heterocycles. The maximum atomic E-state index is 12.0. The maximum Gasteiger partial charge on any atom is 0.243 e. The Kier molecular flexibility index (Phi) is 3.48. The van der Waals surface area contributed by atoms with Crippen molar-refractivity contribution in [3.8, 4) is 0 Å². The molecule has 0 aliphatic heterocycles. The third kappa shape index (κ3) is 2.96. The second-order valence-electron chi connectivity index (χ2n) is 4.10. The molecule has 0 amide bonds. The molecule has 2 aromatic heterocycles. The van der Waals surface area contributed by atoms with E-state index in [1.807, 2.05) is 0 Å². The molecule has 0 unspecified atom stereocenters. The smallest absolute Gasteiger partial charge is 0.243 e. The van der Waals surface area contributed by atoms with Crippen LogP contribution in [0.15, 0.2) is 35.7 Å². The SMILES string of the molecule is C[C@H](Cn1cccn1)NS(=O)(=O)c1cnn(C)c1. The highest BCUT2D eigenvalue weighted by Gasteiger charge is 2.19. The van der Waals surface area contributed by atoms with Crippen LogP contribution in [-0.2, 0) is 23.6 Å². The molecule has 18 heavy (non-hydrogen) atoms. The minimum atomic E-state index is -3.52. The second-order valence-corrected chi connectivity index (χ2v) is 5.81. The van der Waals surface area contributed by atoms with E-state index in [1.54, 1.807) is 37.1 Å². The molecule has 0 aliphatic rings. The molecule has 2 heterocycles. The molecule has 0 saturated carbocycles. The Morgan fingerprint density at radius 1 is 1.44 bits per heavy atom. The summed E-state index contributed by atoms with van der Waals surface area (Å²) in [7, 11) is -1.84. The third-order valence-corrected chi connectivity index (χ3v) is 3.91. The van der Waals surface area contributed by atoms with E-state index in [0.29, 0.717) is 6.54 Å². The Morgan fingerprint density at radius 3 is 2.78 bits per heavy atom. The van der Waals surface area contributed by atoms with Gasteiger partial charge in [0.2, 0.25) is 10.0 Å². The van der Waals surface area contributed by atoms with Gasteiger partial charge >= 0.3 is 0 Å². The first kappa shape index (κ1) is 12.8. The van der Waals surface area contributed by atoms with Crippen LogP contribution in [0.5, 0.6) is 0 Å². The van der Waals surface area contributed by atoms with Crippen molar-refractivity contribution in [1.29, 1.82) is 0 Å². The molecule has 98 valence electrons. The summed E-state index contributed by atoms with van der Waals surface area (Å²) in [6.07, 6.45) is 6.23. The number of aryl methyl sites for hydroxylation is 1. The molecule has 0 radical (unpaired) electrons. The molecule has 8 heteroatoms. The lowest BCUT2D eigenvalue weighted by molar-refractivity contribution is 0.494. The van der Waals surface area contributed by atoms with Crippen molar-refractivity contribution >= 4 is 10.0 Å². The first-order valence-electron chi connectivity index (χ1n) is 5.46. The van der Waals surface area contributed by atoms with E-state index in [9.17, 15) is 8.42 Å². The molecular formula is C10H15N5O2S. The summed E-state index contributed by atoms with van der Waals surface area (Å²) in [6.45, 7) is 2.27. The minimum Gasteiger partial charge on any atom is -0.274 e. The van der Waals surface area contributed by atoms with Gasteiger partial charge in [-0.1, -0.05) is 0 Å². The minimum absolute atomic E-state index is 0.164. The van der Waals surface area contributed by atoms with Crippen LogP contribution < -0.4 is 4.72 Å². The highest BCUT2D eigenvalue weighted by atomic mass is 32.2. The van der Waals surface area contributed by atoms with E-state index in [4.69, 9.17) is 0 Å². The monoisotopic (exact) mass is 269 g/mol. The molecule has 0 aromatic carbocycles. The van der Waals surface area contributed by atoms with Gasteiger partial charge in [0.15, 0.2) is 0 Å². The predicted molar refractivity (Wildman–Crippen MR) is 65.2 cm³/mol. The molecule has 1 N–H and O–H groups in total. The summed E-state index contributed by atoms with van der Waals surface area (Å²) in [5.41, 5.74) is 0. The number of hydrogen-bond donors (Lipinski definition) is 1. The van der Waals surface area contributed by atoms with Crippen molar-refractivity contribution < 1.29 is 8.42 Å². The van der Waals surface area contributed by atoms with E-state index in [2.05, 4.69) is 14.9 Å². The van der Waals surface area contributed by atoms with Gasteiger partial charge in [0.05, 0.1) is 12.7 Å². The molecule has 0 fully saturated rings. The summed E-state index contributed by atoms with van der Waals surface area (Å²) in [5, 5.41) is 7.87. The van der Waals surface area contributed by atoms with Crippen LogP contribution in [0.3, 0.4) is 0 Å². The molecule has 0 spiro atoms. The van der Waals surface area contributed by atoms with Crippen molar-refractivity contribution in [2.45, 2.75) is 24.4 Å². The standard InChI is InChI=1S/C10H15N5O2S/c1-9(7-15-5-3-4-11-15)13-18(16,17)10-6-12-14(2)8-10/h3-6,8-9,13H,7H2,1-2H3/t9-/m1/s1. The lowest BCUT2D eigenvalue weighted by Crippen LogP contribution is -2.35. The number of nitrogens with zero attached hydrogens (tertiary/aromatic N) is 4. The van der Waals surface area contributed by atoms with Crippen molar-refractivity contribution in [2.75, 3.05) is 0 Å². The lowest BCUT2D eigenvalue weighted by Gasteiger charge is -2.13. The second kappa shape index (κ2) is 4.91. The van der Waals surface area contributed by atoms with Crippen molar-refractivity contribution in [3.63, 3.8) is 0 Å². The average molecular weight is 269 g/mol. The summed E-state index contributed by atoms with van der Waals surface area (Å²) in [4.78, 5) is 0.164. The van der Waals surface area contributed by atoms with E-state index in [0.717, 1.165) is 0 Å². The van der Waals surface area contributed by atoms with E-state index < -0.39 is 10.0 Å². The molecule has 7 nitrogen and oxygen atoms in total. The van der Waals surface area contributed by atoms with E-state index in [1.165, 1.54) is 17.1 Å². The fourth-order valence-corrected chi connectivity index (χ4v) is 2.81. The largest absolute Gasteiger partial charge is 0.274 e. The highest BCUT2D eigenvalue weighted by molar-refractivity contribution is 7.89. The highest BCUT2D eigenvalue weighted by Crippen LogP contribution is 2.07. The number of nitrogens with one attached hydrogen (secondary N) is 1. The molecule has 0 bridgehead atoms. The zero-order chi connectivity index (χ0) is 13.2. The van der Waals surface area contributed by atoms with Gasteiger partial charge in [0, 0.05) is 31.7 Å². The van der Waals surface area contributed by atoms with Gasteiger partial charge in [-0.25, -0.2) is 13.1 Å². The van der Waals surface area contributed by atoms with E-state index >= 15 is 0 Å². The van der Waals surface area contributed by atoms with Crippen LogP contribution in [0.1, 0.15) is 6.92 Å².